The minimum absolute atomic E-state index is 0.00355. The largest absolute Gasteiger partial charge is 0.460 e. The number of esters is 1. The highest BCUT2D eigenvalue weighted by atomic mass is 16.6. The molecule has 62 heavy (non-hydrogen) atoms. The molecule has 4 N–H and O–H groups in total. The maximum atomic E-state index is 14.2. The summed E-state index contributed by atoms with van der Waals surface area (Å²) in [5.41, 5.74) is 1.37. The number of piperidine rings is 1. The molecule has 1 unspecified atom stereocenters. The van der Waals surface area contributed by atoms with Gasteiger partial charge < -0.3 is 39.5 Å². The van der Waals surface area contributed by atoms with Gasteiger partial charge in [-0.3, -0.25) is 19.2 Å². The number of ether oxygens (including phenoxy) is 3. The lowest BCUT2D eigenvalue weighted by Crippen LogP contribution is -2.61. The maximum Gasteiger partial charge on any atom is 0.329 e. The Morgan fingerprint density at radius 2 is 1.56 bits per heavy atom. The lowest BCUT2D eigenvalue weighted by molar-refractivity contribution is -0.265. The van der Waals surface area contributed by atoms with Crippen LogP contribution in [0.4, 0.5) is 0 Å². The third-order valence-electron chi connectivity index (χ3n) is 13.9. The molecule has 3 fully saturated rings. The van der Waals surface area contributed by atoms with Crippen LogP contribution < -0.4 is 0 Å². The summed E-state index contributed by atoms with van der Waals surface area (Å²) in [7, 11) is 1.58. The van der Waals surface area contributed by atoms with Crippen molar-refractivity contribution in [3.63, 3.8) is 0 Å². The summed E-state index contributed by atoms with van der Waals surface area (Å²) in [6.07, 6.45) is 11.4. The number of fused-ring (bicyclic) bond motifs is 3. The predicted molar refractivity (Wildman–Crippen MR) is 234 cm³/mol. The number of carbonyl (C=O) groups excluding carboxylic acids is 5. The fraction of sp³-hybridized carbons (Fsp3) is 0.735. The van der Waals surface area contributed by atoms with Crippen LogP contribution in [0, 0.1) is 35.5 Å². The Bertz CT molecular complexity index is 1690. The second-order valence-electron chi connectivity index (χ2n) is 19.1. The number of aliphatic hydroxyl groups is 4. The van der Waals surface area contributed by atoms with E-state index in [9.17, 15) is 44.4 Å². The number of nitrogens with zero attached hydrogens (tertiary/aromatic N) is 1. The maximum absolute atomic E-state index is 14.2. The first kappa shape index (κ1) is 51.3. The van der Waals surface area contributed by atoms with Crippen LogP contribution in [0.2, 0.25) is 0 Å². The number of methoxy groups -OCH3 is 1. The molecule has 0 aromatic rings. The zero-order valence-corrected chi connectivity index (χ0v) is 38.4. The fourth-order valence-corrected chi connectivity index (χ4v) is 9.54. The van der Waals surface area contributed by atoms with Crippen LogP contribution >= 0.6 is 0 Å². The third-order valence-corrected chi connectivity index (χ3v) is 13.9. The molecule has 0 aromatic heterocycles. The van der Waals surface area contributed by atoms with Gasteiger partial charge >= 0.3 is 5.97 Å². The standard InChI is InChI=1S/C49H75NO12/c1-29-14-10-9-11-15-30(2)44(60-8)26-37-19-17-35(7)49(59,62-37)46(56)47(57)50-21-13-12-16-38(50)48(58)61-45(34(6)24-36-18-20-39(51)43(55)25-36)28-42(54)33(5)23-32(4)41(53)27-40(52)31(3)22-29/h9-11,14-15,23,29,31,33-39,41,43-45,51,53,55,59H,12-13,16-22,24-28H2,1-8H3/b11-9+,14-10-,30-15+,32-23+/t29-,31-,33-,34-,35-,36?,37+,38+,39+,41+,43+,44+,45+,49-/m1/s1. The molecule has 0 radical (unpaired) electrons. The summed E-state index contributed by atoms with van der Waals surface area (Å²) in [6, 6.07) is -1.14. The normalized spacial score (nSPS) is 40.6. The van der Waals surface area contributed by atoms with Crippen molar-refractivity contribution < 1.29 is 58.6 Å². The number of rotatable bonds is 4. The summed E-state index contributed by atoms with van der Waals surface area (Å²) in [5, 5.41) is 43.5. The molecule has 13 heteroatoms. The van der Waals surface area contributed by atoms with Crippen molar-refractivity contribution in [2.45, 2.75) is 180 Å². The van der Waals surface area contributed by atoms with Crippen LogP contribution in [0.25, 0.3) is 0 Å². The first-order chi connectivity index (χ1) is 29.2. The van der Waals surface area contributed by atoms with Crippen LogP contribution in [0.3, 0.4) is 0 Å². The van der Waals surface area contributed by atoms with E-state index in [1.165, 1.54) is 4.90 Å². The van der Waals surface area contributed by atoms with E-state index in [1.54, 1.807) is 34.0 Å². The van der Waals surface area contributed by atoms with Gasteiger partial charge in [-0.2, -0.15) is 0 Å². The van der Waals surface area contributed by atoms with Gasteiger partial charge in [-0.15, -0.1) is 0 Å². The van der Waals surface area contributed by atoms with Gasteiger partial charge in [0, 0.05) is 50.7 Å². The van der Waals surface area contributed by atoms with Gasteiger partial charge in [-0.05, 0) is 107 Å². The smallest absolute Gasteiger partial charge is 0.329 e. The predicted octanol–water partition coefficient (Wildman–Crippen LogP) is 5.90. The van der Waals surface area contributed by atoms with E-state index < -0.39 is 77.9 Å². The highest BCUT2D eigenvalue weighted by molar-refractivity contribution is 6.39. The fourth-order valence-electron chi connectivity index (χ4n) is 9.54. The summed E-state index contributed by atoms with van der Waals surface area (Å²) in [6.45, 7) is 12.8. The molecule has 4 aliphatic rings. The van der Waals surface area contributed by atoms with Gasteiger partial charge in [0.2, 0.25) is 5.79 Å². The van der Waals surface area contributed by atoms with Gasteiger partial charge in [0.15, 0.2) is 0 Å². The van der Waals surface area contributed by atoms with Crippen molar-refractivity contribution in [3.8, 4) is 0 Å². The molecule has 1 aliphatic carbocycles. The minimum atomic E-state index is -2.43. The number of amides is 1. The Morgan fingerprint density at radius 3 is 2.26 bits per heavy atom. The quantitative estimate of drug-likeness (QED) is 0.149. The highest BCUT2D eigenvalue weighted by Crippen LogP contribution is 2.37. The Hall–Kier alpha value is -3.33. The lowest BCUT2D eigenvalue weighted by Gasteiger charge is -2.42. The van der Waals surface area contributed by atoms with E-state index in [0.717, 1.165) is 5.57 Å². The first-order valence-electron chi connectivity index (χ1n) is 23.0. The topological polar surface area (TPSA) is 197 Å². The number of hydrogen-bond acceptors (Lipinski definition) is 12. The number of Topliss-reactive ketones (excluding diaryl/α,β-unsaturated/α-hetero) is 3. The van der Waals surface area contributed by atoms with Crippen LogP contribution in [0.1, 0.15) is 132 Å². The zero-order chi connectivity index (χ0) is 45.9. The molecule has 0 spiro atoms. The first-order valence-corrected chi connectivity index (χ1v) is 23.0. The molecule has 0 aromatic carbocycles. The van der Waals surface area contributed by atoms with Gasteiger partial charge in [-0.25, -0.2) is 4.79 Å². The van der Waals surface area contributed by atoms with Crippen molar-refractivity contribution in [2.24, 2.45) is 35.5 Å². The summed E-state index contributed by atoms with van der Waals surface area (Å²) in [4.78, 5) is 70.8. The molecule has 2 saturated heterocycles. The summed E-state index contributed by atoms with van der Waals surface area (Å²) >= 11 is 0. The number of allylic oxidation sites excluding steroid dienone is 6. The van der Waals surface area contributed by atoms with Gasteiger partial charge in [0.25, 0.3) is 11.7 Å². The SMILES string of the molecule is CO[C@H]1C[C@@H]2CC[C@@H](C)[C@@](O)(O2)C(=O)C(=O)N2CCCC[C@H]2C(=O)O[C@H]([C@H](C)CC2CC[C@H](O)[C@@H](O)C2)CC(=O)[C@H](C)/C=C(\C)[C@@H](O)CC(=O)[C@H](C)C[C@H](C)\C=C/C=C/C=C/1C. The van der Waals surface area contributed by atoms with Crippen molar-refractivity contribution in [3.05, 3.63) is 47.6 Å². The molecule has 2 bridgehead atoms. The van der Waals surface area contributed by atoms with Crippen LogP contribution in [0.15, 0.2) is 47.6 Å². The molecule has 3 heterocycles. The van der Waals surface area contributed by atoms with Gasteiger partial charge in [-0.1, -0.05) is 71.1 Å². The highest BCUT2D eigenvalue weighted by Gasteiger charge is 2.53. The molecule has 14 atom stereocenters. The van der Waals surface area contributed by atoms with Crippen molar-refractivity contribution in [2.75, 3.05) is 13.7 Å². The number of hydrogen-bond donors (Lipinski definition) is 4. The van der Waals surface area contributed by atoms with E-state index >= 15 is 0 Å². The second kappa shape index (κ2) is 23.6. The van der Waals surface area contributed by atoms with Gasteiger partial charge in [0.1, 0.15) is 23.7 Å². The Balaban J connectivity index is 1.66. The molecule has 3 aliphatic heterocycles. The Labute approximate surface area is 369 Å². The molecule has 4 rings (SSSR count). The molecule has 348 valence electrons. The second-order valence-corrected chi connectivity index (χ2v) is 19.1. The molecule has 1 saturated carbocycles. The number of carbonyl (C=O) groups is 5. The molecule has 13 nitrogen and oxygen atoms in total. The molecular weight excluding hydrogens is 795 g/mol. The summed E-state index contributed by atoms with van der Waals surface area (Å²) in [5.74, 6) is -7.69. The number of cyclic esters (lactones) is 1. The van der Waals surface area contributed by atoms with Crippen molar-refractivity contribution in [1.82, 2.24) is 4.90 Å². The van der Waals surface area contributed by atoms with E-state index in [2.05, 4.69) is 0 Å². The van der Waals surface area contributed by atoms with Gasteiger partial charge in [0.05, 0.1) is 30.5 Å². The van der Waals surface area contributed by atoms with E-state index in [0.29, 0.717) is 69.8 Å². The Morgan fingerprint density at radius 1 is 0.839 bits per heavy atom. The van der Waals surface area contributed by atoms with E-state index in [-0.39, 0.29) is 61.0 Å². The zero-order valence-electron chi connectivity index (χ0n) is 38.4. The van der Waals surface area contributed by atoms with Crippen molar-refractivity contribution >= 4 is 29.2 Å². The van der Waals surface area contributed by atoms with Crippen molar-refractivity contribution in [1.29, 1.82) is 0 Å². The van der Waals surface area contributed by atoms with E-state index in [4.69, 9.17) is 14.2 Å². The van der Waals surface area contributed by atoms with E-state index in [1.807, 2.05) is 58.1 Å². The van der Waals surface area contributed by atoms with Crippen LogP contribution in [0.5, 0.6) is 0 Å². The summed E-state index contributed by atoms with van der Waals surface area (Å²) < 4.78 is 18.1. The average molecular weight is 870 g/mol. The minimum Gasteiger partial charge on any atom is -0.460 e. The number of aliphatic hydroxyl groups excluding tert-OH is 3. The molecule has 1 amide bonds. The molecular formula is C49H75NO12. The van der Waals surface area contributed by atoms with Crippen LogP contribution in [-0.2, 0) is 38.2 Å². The third kappa shape index (κ3) is 13.8. The lowest BCUT2D eigenvalue weighted by atomic mass is 9.78. The monoisotopic (exact) mass is 870 g/mol. The Kier molecular flexibility index (Phi) is 19.5. The van der Waals surface area contributed by atoms with Crippen LogP contribution in [-0.4, -0.2) is 117 Å². The average Bonchev–Trinajstić information content (AvgIpc) is 3.23. The number of ketones is 3.